The summed E-state index contributed by atoms with van der Waals surface area (Å²) in [5, 5.41) is 18.2. The van der Waals surface area contributed by atoms with Crippen LogP contribution in [0.4, 0.5) is 0 Å². The fourth-order valence-electron chi connectivity index (χ4n) is 1.13. The van der Waals surface area contributed by atoms with E-state index >= 15 is 0 Å². The third kappa shape index (κ3) is 4.82. The Kier molecular flexibility index (Phi) is 5.83. The van der Waals surface area contributed by atoms with Gasteiger partial charge in [0, 0.05) is 12.8 Å². The molecule has 0 aromatic carbocycles. The predicted molar refractivity (Wildman–Crippen MR) is 60.6 cm³/mol. The maximum absolute atomic E-state index is 8.69. The minimum Gasteiger partial charge on any atom is -0.396 e. The SMILES string of the molecule is N#Cc1ccnc(SCCCCCO)c1. The van der Waals surface area contributed by atoms with Gasteiger partial charge >= 0.3 is 0 Å². The van der Waals surface area contributed by atoms with E-state index in [1.54, 1.807) is 30.1 Å². The first-order valence-corrected chi connectivity index (χ1v) is 5.95. The van der Waals surface area contributed by atoms with Crippen molar-refractivity contribution in [1.82, 2.24) is 4.98 Å². The van der Waals surface area contributed by atoms with Gasteiger partial charge in [0.25, 0.3) is 0 Å². The molecule has 0 fully saturated rings. The molecule has 15 heavy (non-hydrogen) atoms. The maximum atomic E-state index is 8.69. The molecular weight excluding hydrogens is 208 g/mol. The van der Waals surface area contributed by atoms with E-state index in [-0.39, 0.29) is 6.61 Å². The van der Waals surface area contributed by atoms with Crippen LogP contribution in [0.1, 0.15) is 24.8 Å². The van der Waals surface area contributed by atoms with Crippen molar-refractivity contribution in [2.24, 2.45) is 0 Å². The lowest BCUT2D eigenvalue weighted by Crippen LogP contribution is -1.87. The van der Waals surface area contributed by atoms with Crippen LogP contribution < -0.4 is 0 Å². The molecule has 0 atom stereocenters. The summed E-state index contributed by atoms with van der Waals surface area (Å²) in [6.45, 7) is 0.271. The lowest BCUT2D eigenvalue weighted by atomic mass is 10.3. The van der Waals surface area contributed by atoms with E-state index in [4.69, 9.17) is 10.4 Å². The molecule has 3 nitrogen and oxygen atoms in total. The molecule has 0 aliphatic rings. The monoisotopic (exact) mass is 222 g/mol. The van der Waals surface area contributed by atoms with Crippen molar-refractivity contribution in [2.75, 3.05) is 12.4 Å². The molecule has 1 aromatic rings. The van der Waals surface area contributed by atoms with Crippen molar-refractivity contribution in [3.63, 3.8) is 0 Å². The summed E-state index contributed by atoms with van der Waals surface area (Å²) in [6, 6.07) is 5.60. The molecule has 0 unspecified atom stereocenters. The highest BCUT2D eigenvalue weighted by molar-refractivity contribution is 7.99. The molecule has 0 amide bonds. The van der Waals surface area contributed by atoms with Crippen molar-refractivity contribution in [3.8, 4) is 6.07 Å². The Hall–Kier alpha value is -1.05. The highest BCUT2D eigenvalue weighted by Gasteiger charge is 1.97. The molecular formula is C11H14N2OS. The lowest BCUT2D eigenvalue weighted by molar-refractivity contribution is 0.284. The smallest absolute Gasteiger partial charge is 0.0993 e. The molecule has 0 radical (unpaired) electrons. The number of unbranched alkanes of at least 4 members (excludes halogenated alkanes) is 2. The van der Waals surface area contributed by atoms with Crippen molar-refractivity contribution in [3.05, 3.63) is 23.9 Å². The van der Waals surface area contributed by atoms with Gasteiger partial charge in [0.05, 0.1) is 16.7 Å². The third-order valence-electron chi connectivity index (χ3n) is 1.92. The Bertz CT molecular complexity index is 336. The Morgan fingerprint density at radius 3 is 3.00 bits per heavy atom. The number of rotatable bonds is 6. The molecule has 1 rings (SSSR count). The number of aromatic nitrogens is 1. The predicted octanol–water partition coefficient (Wildman–Crippen LogP) is 2.21. The van der Waals surface area contributed by atoms with Crippen LogP contribution in [0.15, 0.2) is 23.4 Å². The average Bonchev–Trinajstić information content (AvgIpc) is 2.29. The summed E-state index contributed by atoms with van der Waals surface area (Å²) in [4.78, 5) is 4.17. The van der Waals surface area contributed by atoms with Crippen LogP contribution in [-0.4, -0.2) is 22.5 Å². The number of nitriles is 1. The zero-order valence-electron chi connectivity index (χ0n) is 8.52. The summed E-state index contributed by atoms with van der Waals surface area (Å²) in [6.07, 6.45) is 4.64. The van der Waals surface area contributed by atoms with Gasteiger partial charge in [-0.3, -0.25) is 0 Å². The van der Waals surface area contributed by atoms with Crippen LogP contribution in [0.3, 0.4) is 0 Å². The van der Waals surface area contributed by atoms with E-state index < -0.39 is 0 Å². The van der Waals surface area contributed by atoms with E-state index in [0.717, 1.165) is 30.0 Å². The summed E-state index contributed by atoms with van der Waals surface area (Å²) >= 11 is 1.66. The molecule has 0 saturated heterocycles. The van der Waals surface area contributed by atoms with E-state index in [0.29, 0.717) is 5.56 Å². The van der Waals surface area contributed by atoms with Crippen LogP contribution in [0, 0.1) is 11.3 Å². The zero-order valence-corrected chi connectivity index (χ0v) is 9.33. The Morgan fingerprint density at radius 1 is 1.40 bits per heavy atom. The number of pyridine rings is 1. The molecule has 80 valence electrons. The number of nitrogens with zero attached hydrogens (tertiary/aromatic N) is 2. The van der Waals surface area contributed by atoms with Gasteiger partial charge in [-0.15, -0.1) is 11.8 Å². The van der Waals surface area contributed by atoms with Gasteiger partial charge in [0.2, 0.25) is 0 Å². The molecule has 0 spiro atoms. The number of hydrogen-bond donors (Lipinski definition) is 1. The molecule has 0 bridgehead atoms. The molecule has 0 saturated carbocycles. The minimum absolute atomic E-state index is 0.271. The normalized spacial score (nSPS) is 9.87. The van der Waals surface area contributed by atoms with Crippen molar-refractivity contribution in [1.29, 1.82) is 5.26 Å². The number of hydrogen-bond acceptors (Lipinski definition) is 4. The summed E-state index contributed by atoms with van der Waals surface area (Å²) in [7, 11) is 0. The average molecular weight is 222 g/mol. The molecule has 1 heterocycles. The molecule has 1 aromatic heterocycles. The summed E-state index contributed by atoms with van der Waals surface area (Å²) in [5.41, 5.74) is 0.655. The second-order valence-electron chi connectivity index (χ2n) is 3.13. The van der Waals surface area contributed by atoms with Gasteiger partial charge in [-0.2, -0.15) is 5.26 Å². The van der Waals surface area contributed by atoms with Gasteiger partial charge in [-0.05, 0) is 30.7 Å². The van der Waals surface area contributed by atoms with Crippen molar-refractivity contribution >= 4 is 11.8 Å². The van der Waals surface area contributed by atoms with E-state index in [2.05, 4.69) is 11.1 Å². The van der Waals surface area contributed by atoms with Crippen LogP contribution in [0.25, 0.3) is 0 Å². The van der Waals surface area contributed by atoms with Gasteiger partial charge in [-0.1, -0.05) is 6.42 Å². The molecule has 0 aliphatic carbocycles. The zero-order chi connectivity index (χ0) is 10.9. The highest BCUT2D eigenvalue weighted by atomic mass is 32.2. The Balaban J connectivity index is 2.28. The second-order valence-corrected chi connectivity index (χ2v) is 4.24. The first-order chi connectivity index (χ1) is 7.36. The maximum Gasteiger partial charge on any atom is 0.0993 e. The van der Waals surface area contributed by atoms with Crippen molar-refractivity contribution in [2.45, 2.75) is 24.3 Å². The van der Waals surface area contributed by atoms with E-state index in [1.165, 1.54) is 0 Å². The number of thioether (sulfide) groups is 1. The van der Waals surface area contributed by atoms with E-state index in [1.807, 2.05) is 0 Å². The molecule has 0 aliphatic heterocycles. The largest absolute Gasteiger partial charge is 0.396 e. The van der Waals surface area contributed by atoms with Gasteiger partial charge < -0.3 is 5.11 Å². The first-order valence-electron chi connectivity index (χ1n) is 4.96. The van der Waals surface area contributed by atoms with Crippen molar-refractivity contribution < 1.29 is 5.11 Å². The third-order valence-corrected chi connectivity index (χ3v) is 2.93. The van der Waals surface area contributed by atoms with Crippen LogP contribution in [0.5, 0.6) is 0 Å². The number of aliphatic hydroxyl groups excluding tert-OH is 1. The van der Waals surface area contributed by atoms with Gasteiger partial charge in [-0.25, -0.2) is 4.98 Å². The summed E-state index contributed by atoms with van der Waals surface area (Å²) < 4.78 is 0. The van der Waals surface area contributed by atoms with Crippen LogP contribution >= 0.6 is 11.8 Å². The minimum atomic E-state index is 0.271. The quantitative estimate of drug-likeness (QED) is 0.592. The molecule has 1 N–H and O–H groups in total. The van der Waals surface area contributed by atoms with E-state index in [9.17, 15) is 0 Å². The second kappa shape index (κ2) is 7.27. The topological polar surface area (TPSA) is 56.9 Å². The molecule has 4 heteroatoms. The van der Waals surface area contributed by atoms with Gasteiger partial charge in [0.1, 0.15) is 0 Å². The first kappa shape index (κ1) is 12.0. The van der Waals surface area contributed by atoms with Gasteiger partial charge in [0.15, 0.2) is 0 Å². The van der Waals surface area contributed by atoms with Crippen LogP contribution in [0.2, 0.25) is 0 Å². The fraction of sp³-hybridized carbons (Fsp3) is 0.455. The number of aliphatic hydroxyl groups is 1. The lowest BCUT2D eigenvalue weighted by Gasteiger charge is -2.00. The summed E-state index contributed by atoms with van der Waals surface area (Å²) in [5.74, 6) is 0.988. The Morgan fingerprint density at radius 2 is 2.27 bits per heavy atom. The van der Waals surface area contributed by atoms with Crippen LogP contribution in [-0.2, 0) is 0 Å². The fourth-order valence-corrected chi connectivity index (χ4v) is 2.03. The highest BCUT2D eigenvalue weighted by Crippen LogP contribution is 2.17. The Labute approximate surface area is 94.2 Å². The standard InChI is InChI=1S/C11H14N2OS/c12-9-10-4-5-13-11(8-10)15-7-3-1-2-6-14/h4-5,8,14H,1-3,6-7H2.